The van der Waals surface area contributed by atoms with Gasteiger partial charge in [-0.25, -0.2) is 0 Å². The van der Waals surface area contributed by atoms with Crippen LogP contribution in [0.5, 0.6) is 0 Å². The van der Waals surface area contributed by atoms with Gasteiger partial charge in [0.05, 0.1) is 0 Å². The van der Waals surface area contributed by atoms with Gasteiger partial charge in [0.1, 0.15) is 0 Å². The zero-order valence-corrected chi connectivity index (χ0v) is 19.9. The summed E-state index contributed by atoms with van der Waals surface area (Å²) in [6.07, 6.45) is 11.6. The van der Waals surface area contributed by atoms with E-state index in [1.165, 1.54) is 5.57 Å². The summed E-state index contributed by atoms with van der Waals surface area (Å²) in [6, 6.07) is 0. The molecule has 1 unspecified atom stereocenters. The van der Waals surface area contributed by atoms with E-state index in [4.69, 9.17) is 4.74 Å². The molecule has 7 atom stereocenters. The molecule has 0 saturated heterocycles. The largest absolute Gasteiger partial charge is 0.455 e. The number of carbonyl (C=O) groups excluding carboxylic acids is 3. The van der Waals surface area contributed by atoms with Crippen LogP contribution in [0.1, 0.15) is 98.3 Å². The number of carbonyl (C=O) groups is 3. The highest BCUT2D eigenvalue weighted by molar-refractivity contribution is 5.91. The molecular formula is C27H40O4. The van der Waals surface area contributed by atoms with E-state index in [1.54, 1.807) is 6.92 Å². The van der Waals surface area contributed by atoms with E-state index < -0.39 is 6.10 Å². The smallest absolute Gasteiger partial charge is 0.306 e. The Kier molecular flexibility index (Phi) is 6.22. The molecule has 4 nitrogen and oxygen atoms in total. The topological polar surface area (TPSA) is 60.4 Å². The van der Waals surface area contributed by atoms with Crippen LogP contribution in [0.25, 0.3) is 0 Å². The van der Waals surface area contributed by atoms with Gasteiger partial charge in [0.15, 0.2) is 17.7 Å². The first-order chi connectivity index (χ1) is 14.7. The maximum absolute atomic E-state index is 13.4. The molecule has 3 saturated carbocycles. The lowest BCUT2D eigenvalue weighted by Gasteiger charge is -2.58. The Bertz CT molecular complexity index is 782. The first-order valence-electron chi connectivity index (χ1n) is 12.7. The van der Waals surface area contributed by atoms with Gasteiger partial charge in [-0.3, -0.25) is 14.4 Å². The molecule has 0 aromatic heterocycles. The van der Waals surface area contributed by atoms with Crippen LogP contribution in [-0.4, -0.2) is 23.6 Å². The summed E-state index contributed by atoms with van der Waals surface area (Å²) in [4.78, 5) is 37.5. The molecule has 4 aliphatic rings. The molecule has 0 heterocycles. The molecule has 0 amide bonds. The quantitative estimate of drug-likeness (QED) is 0.500. The molecule has 0 N–H and O–H groups in total. The summed E-state index contributed by atoms with van der Waals surface area (Å²) in [5.41, 5.74) is 1.58. The van der Waals surface area contributed by atoms with Crippen LogP contribution in [0.4, 0.5) is 0 Å². The molecule has 0 aromatic carbocycles. The normalized spacial score (nSPS) is 40.3. The fraction of sp³-hybridized carbons (Fsp3) is 0.815. The molecule has 4 rings (SSSR count). The number of fused-ring (bicyclic) bond motifs is 5. The second-order valence-electron chi connectivity index (χ2n) is 11.3. The maximum Gasteiger partial charge on any atom is 0.306 e. The van der Waals surface area contributed by atoms with Gasteiger partial charge < -0.3 is 4.74 Å². The first kappa shape index (κ1) is 22.7. The molecule has 4 heteroatoms. The van der Waals surface area contributed by atoms with Crippen LogP contribution in [0.15, 0.2) is 11.6 Å². The Balaban J connectivity index is 1.48. The van der Waals surface area contributed by atoms with E-state index in [9.17, 15) is 14.4 Å². The molecular weight excluding hydrogens is 388 g/mol. The second kappa shape index (κ2) is 8.48. The minimum absolute atomic E-state index is 0.00473. The summed E-state index contributed by atoms with van der Waals surface area (Å²) in [6.45, 7) is 8.56. The predicted molar refractivity (Wildman–Crippen MR) is 120 cm³/mol. The number of allylic oxidation sites excluding steroid dienone is 1. The van der Waals surface area contributed by atoms with E-state index in [1.807, 2.05) is 13.0 Å². The monoisotopic (exact) mass is 428 g/mol. The lowest BCUT2D eigenvalue weighted by Crippen LogP contribution is -2.51. The van der Waals surface area contributed by atoms with E-state index in [2.05, 4.69) is 13.8 Å². The van der Waals surface area contributed by atoms with Crippen molar-refractivity contribution in [2.75, 3.05) is 0 Å². The summed E-state index contributed by atoms with van der Waals surface area (Å²) in [5, 5.41) is 0. The molecule has 0 bridgehead atoms. The number of rotatable bonds is 6. The van der Waals surface area contributed by atoms with Gasteiger partial charge >= 0.3 is 5.97 Å². The fourth-order valence-corrected chi connectivity index (χ4v) is 7.95. The van der Waals surface area contributed by atoms with Crippen molar-refractivity contribution in [3.8, 4) is 0 Å². The van der Waals surface area contributed by atoms with Crippen LogP contribution < -0.4 is 0 Å². The third kappa shape index (κ3) is 3.82. The molecule has 0 radical (unpaired) electrons. The minimum atomic E-state index is -0.634. The summed E-state index contributed by atoms with van der Waals surface area (Å²) in [7, 11) is 0. The predicted octanol–water partition coefficient (Wildman–Crippen LogP) is 5.83. The maximum atomic E-state index is 13.4. The van der Waals surface area contributed by atoms with Crippen molar-refractivity contribution < 1.29 is 19.1 Å². The van der Waals surface area contributed by atoms with Gasteiger partial charge in [-0.15, -0.1) is 0 Å². The summed E-state index contributed by atoms with van der Waals surface area (Å²) >= 11 is 0. The summed E-state index contributed by atoms with van der Waals surface area (Å²) in [5.74, 6) is 2.06. The standard InChI is InChI=1S/C27H40O4/c1-5-6-7-24(29)31-17(2)25(30)23-11-10-21-20-9-8-18-16-19(28)12-14-26(18,3)22(20)13-15-27(21,23)4/h16-17,20-23H,5-15H2,1-4H3/t17?,20-,21-,22-,23+,26-,27-/m0/s1. The summed E-state index contributed by atoms with van der Waals surface area (Å²) < 4.78 is 5.53. The number of unbranched alkanes of at least 4 members (excludes halogenated alkanes) is 1. The lowest BCUT2D eigenvalue weighted by atomic mass is 9.46. The van der Waals surface area contributed by atoms with E-state index >= 15 is 0 Å². The molecule has 3 fully saturated rings. The van der Waals surface area contributed by atoms with Gasteiger partial charge in [-0.2, -0.15) is 0 Å². The van der Waals surface area contributed by atoms with Crippen LogP contribution >= 0.6 is 0 Å². The number of Topliss-reactive ketones (excluding diaryl/α,β-unsaturated/α-hetero) is 1. The third-order valence-electron chi connectivity index (χ3n) is 9.75. The zero-order valence-electron chi connectivity index (χ0n) is 19.9. The van der Waals surface area contributed by atoms with Gasteiger partial charge in [-0.05, 0) is 93.0 Å². The van der Waals surface area contributed by atoms with Crippen molar-refractivity contribution in [3.05, 3.63) is 11.6 Å². The van der Waals surface area contributed by atoms with Gasteiger partial charge in [0.25, 0.3) is 0 Å². The van der Waals surface area contributed by atoms with Crippen LogP contribution in [0.2, 0.25) is 0 Å². The number of esters is 1. The highest BCUT2D eigenvalue weighted by Gasteiger charge is 2.60. The Hall–Kier alpha value is -1.45. The van der Waals surface area contributed by atoms with E-state index in [-0.39, 0.29) is 28.5 Å². The van der Waals surface area contributed by atoms with Crippen molar-refractivity contribution in [2.24, 2.45) is 34.5 Å². The van der Waals surface area contributed by atoms with Crippen molar-refractivity contribution in [1.82, 2.24) is 0 Å². The van der Waals surface area contributed by atoms with Crippen molar-refractivity contribution in [3.63, 3.8) is 0 Å². The van der Waals surface area contributed by atoms with Crippen LogP contribution in [-0.2, 0) is 19.1 Å². The lowest BCUT2D eigenvalue weighted by molar-refractivity contribution is -0.158. The van der Waals surface area contributed by atoms with E-state index in [0.717, 1.165) is 57.8 Å². The molecule has 0 aliphatic heterocycles. The third-order valence-corrected chi connectivity index (χ3v) is 9.75. The van der Waals surface area contributed by atoms with Gasteiger partial charge in [-0.1, -0.05) is 32.8 Å². The molecule has 0 aromatic rings. The molecule has 172 valence electrons. The van der Waals surface area contributed by atoms with Gasteiger partial charge in [0, 0.05) is 18.8 Å². The van der Waals surface area contributed by atoms with E-state index in [0.29, 0.717) is 36.4 Å². The Labute approximate surface area is 187 Å². The molecule has 31 heavy (non-hydrogen) atoms. The van der Waals surface area contributed by atoms with Crippen molar-refractivity contribution in [1.29, 1.82) is 0 Å². The van der Waals surface area contributed by atoms with Crippen LogP contribution in [0, 0.1) is 34.5 Å². The minimum Gasteiger partial charge on any atom is -0.455 e. The first-order valence-corrected chi connectivity index (χ1v) is 12.7. The number of hydrogen-bond acceptors (Lipinski definition) is 4. The average molecular weight is 429 g/mol. The Morgan fingerprint density at radius 2 is 1.87 bits per heavy atom. The molecule has 4 aliphatic carbocycles. The second-order valence-corrected chi connectivity index (χ2v) is 11.3. The molecule has 0 spiro atoms. The SMILES string of the molecule is CCCCC(=O)OC(C)C(=O)[C@H]1CC[C@H]2[C@@H]3CCC4=CC(=O)CC[C@]4(C)[C@H]3CC[C@]12C. The van der Waals surface area contributed by atoms with Crippen molar-refractivity contribution >= 4 is 17.5 Å². The Morgan fingerprint density at radius 1 is 1.10 bits per heavy atom. The van der Waals surface area contributed by atoms with Gasteiger partial charge in [0.2, 0.25) is 0 Å². The Morgan fingerprint density at radius 3 is 2.61 bits per heavy atom. The number of ether oxygens (including phenoxy) is 1. The average Bonchev–Trinajstić information content (AvgIpc) is 3.09. The highest BCUT2D eigenvalue weighted by atomic mass is 16.5. The number of ketones is 2. The number of hydrogen-bond donors (Lipinski definition) is 0. The zero-order chi connectivity index (χ0) is 22.4. The van der Waals surface area contributed by atoms with Crippen molar-refractivity contribution in [2.45, 2.75) is 104 Å². The fourth-order valence-electron chi connectivity index (χ4n) is 7.95. The highest BCUT2D eigenvalue weighted by Crippen LogP contribution is 2.66. The van der Waals surface area contributed by atoms with Crippen LogP contribution in [0.3, 0.4) is 0 Å².